The van der Waals surface area contributed by atoms with Gasteiger partial charge >= 0.3 is 24.4 Å². The maximum Gasteiger partial charge on any atom is 0.389 e. The Kier molecular flexibility index (Phi) is 12.7. The second-order valence-electron chi connectivity index (χ2n) is 9.79. The van der Waals surface area contributed by atoms with E-state index in [0.717, 1.165) is 18.9 Å². The van der Waals surface area contributed by atoms with E-state index < -0.39 is 60.6 Å². The van der Waals surface area contributed by atoms with Crippen LogP contribution in [0.3, 0.4) is 0 Å². The van der Waals surface area contributed by atoms with E-state index in [0.29, 0.717) is 18.8 Å². The summed E-state index contributed by atoms with van der Waals surface area (Å²) >= 11 is 5.75. The van der Waals surface area contributed by atoms with Crippen LogP contribution in [0.25, 0.3) is 11.3 Å². The lowest BCUT2D eigenvalue weighted by Crippen LogP contribution is -2.45. The smallest absolute Gasteiger partial charge is 0.389 e. The molecule has 16 heteroatoms. The van der Waals surface area contributed by atoms with Crippen molar-refractivity contribution in [3.8, 4) is 17.0 Å². The summed E-state index contributed by atoms with van der Waals surface area (Å²) in [6, 6.07) is 3.56. The summed E-state index contributed by atoms with van der Waals surface area (Å²) < 4.78 is 86.6. The van der Waals surface area contributed by atoms with Gasteiger partial charge in [-0.1, -0.05) is 24.6 Å². The van der Waals surface area contributed by atoms with Gasteiger partial charge in [0.05, 0.1) is 22.4 Å². The molecule has 1 unspecified atom stereocenters. The molecule has 1 aliphatic rings. The summed E-state index contributed by atoms with van der Waals surface area (Å²) in [7, 11) is 0. The van der Waals surface area contributed by atoms with Crippen LogP contribution in [0, 0.1) is 5.92 Å². The molecule has 3 rings (SSSR count). The number of nitrogens with zero attached hydrogens (tertiary/aromatic N) is 2. The topological polar surface area (TPSA) is 131 Å². The standard InChI is InChI=1S/C25H31ClF5N3O4.O2S/c1-3-34-21(19(26)20(33-34)22(36)32-13-24(37)9-6-14(2)7-10-24)16-5-4-15(12-18(16)38-23(27)28)17(35)8-11-25(29,30)31;1-3-2/h4-5,12,14,17,23,35,37H,3,6-11,13H2,1-2H3,(H,32,36);. The number of aliphatic hydroxyl groups excluding tert-OH is 1. The van der Waals surface area contributed by atoms with Crippen LogP contribution in [0.5, 0.6) is 5.75 Å². The molecule has 1 aromatic heterocycles. The third-order valence-electron chi connectivity index (χ3n) is 6.76. The van der Waals surface area contributed by atoms with E-state index in [9.17, 15) is 37.0 Å². The van der Waals surface area contributed by atoms with Crippen LogP contribution in [-0.4, -0.2) is 59.3 Å². The molecule has 0 bridgehead atoms. The molecule has 3 N–H and O–H groups in total. The quantitative estimate of drug-likeness (QED) is 0.307. The van der Waals surface area contributed by atoms with E-state index in [1.54, 1.807) is 6.92 Å². The van der Waals surface area contributed by atoms with Gasteiger partial charge < -0.3 is 20.3 Å². The lowest BCUT2D eigenvalue weighted by atomic mass is 9.79. The van der Waals surface area contributed by atoms with Crippen molar-refractivity contribution in [3.05, 3.63) is 34.5 Å². The molecule has 1 heterocycles. The number of carbonyl (C=O) groups excluding carboxylic acids is 1. The molecule has 9 nitrogen and oxygen atoms in total. The highest BCUT2D eigenvalue weighted by Crippen LogP contribution is 2.40. The van der Waals surface area contributed by atoms with Gasteiger partial charge in [0.1, 0.15) is 5.75 Å². The summed E-state index contributed by atoms with van der Waals surface area (Å²) in [6.07, 6.45) is -5.27. The number of halogens is 6. The van der Waals surface area contributed by atoms with Crippen LogP contribution in [0.2, 0.25) is 5.02 Å². The van der Waals surface area contributed by atoms with Crippen molar-refractivity contribution >= 4 is 29.1 Å². The number of hydrogen-bond donors (Lipinski definition) is 3. The van der Waals surface area contributed by atoms with Crippen LogP contribution in [0.4, 0.5) is 22.0 Å². The zero-order valence-electron chi connectivity index (χ0n) is 22.2. The lowest BCUT2D eigenvalue weighted by Gasteiger charge is -2.34. The number of alkyl halides is 5. The average Bonchev–Trinajstić information content (AvgIpc) is 3.23. The van der Waals surface area contributed by atoms with Crippen LogP contribution in [0.1, 0.15) is 74.5 Å². The third kappa shape index (κ3) is 10.0. The monoisotopic (exact) mass is 631 g/mol. The number of nitrogens with one attached hydrogen (secondary N) is 1. The molecule has 1 aromatic carbocycles. The third-order valence-corrected chi connectivity index (χ3v) is 7.11. The summed E-state index contributed by atoms with van der Waals surface area (Å²) in [5.41, 5.74) is -1.20. The van der Waals surface area contributed by atoms with Crippen LogP contribution >= 0.6 is 11.6 Å². The highest BCUT2D eigenvalue weighted by Gasteiger charge is 2.33. The first-order valence-electron chi connectivity index (χ1n) is 12.7. The van der Waals surface area contributed by atoms with Gasteiger partial charge in [0.15, 0.2) is 5.69 Å². The van der Waals surface area contributed by atoms with Crippen molar-refractivity contribution < 1.29 is 50.1 Å². The van der Waals surface area contributed by atoms with Gasteiger partial charge in [0.2, 0.25) is 0 Å². The maximum absolute atomic E-state index is 13.2. The van der Waals surface area contributed by atoms with Gasteiger partial charge in [-0.15, -0.1) is 0 Å². The van der Waals surface area contributed by atoms with Crippen molar-refractivity contribution in [2.24, 2.45) is 5.92 Å². The summed E-state index contributed by atoms with van der Waals surface area (Å²) in [6.45, 7) is 0.679. The predicted octanol–water partition coefficient (Wildman–Crippen LogP) is 5.20. The molecule has 41 heavy (non-hydrogen) atoms. The molecule has 0 aliphatic heterocycles. The molecule has 1 fully saturated rings. The Bertz CT molecular complexity index is 1220. The van der Waals surface area contributed by atoms with Gasteiger partial charge in [-0.05, 0) is 62.6 Å². The fraction of sp³-hybridized carbons (Fsp3) is 0.600. The average molecular weight is 632 g/mol. The number of amides is 1. The Morgan fingerprint density at radius 3 is 2.44 bits per heavy atom. The normalized spacial score (nSPS) is 19.7. The Hall–Kier alpha value is -2.62. The number of hydrogen-bond acceptors (Lipinski definition) is 7. The molecule has 0 saturated heterocycles. The number of aromatic nitrogens is 2. The number of ether oxygens (including phenoxy) is 1. The second-order valence-corrected chi connectivity index (χ2v) is 10.3. The minimum absolute atomic E-state index is 0.00649. The highest BCUT2D eigenvalue weighted by molar-refractivity contribution is 7.51. The molecular weight excluding hydrogens is 601 g/mol. The zero-order chi connectivity index (χ0) is 31.0. The minimum atomic E-state index is -4.49. The number of aliphatic hydroxyl groups is 2. The van der Waals surface area contributed by atoms with E-state index in [4.69, 9.17) is 20.0 Å². The molecular formula is C25H31ClF5N3O6S. The Labute approximate surface area is 241 Å². The van der Waals surface area contributed by atoms with Crippen LogP contribution < -0.4 is 10.1 Å². The van der Waals surface area contributed by atoms with Crippen molar-refractivity contribution in [1.82, 2.24) is 15.1 Å². The van der Waals surface area contributed by atoms with Crippen molar-refractivity contribution in [2.75, 3.05) is 6.54 Å². The molecule has 1 atom stereocenters. The van der Waals surface area contributed by atoms with Gasteiger partial charge in [-0.25, -0.2) is 0 Å². The molecule has 1 saturated carbocycles. The van der Waals surface area contributed by atoms with Gasteiger partial charge in [0, 0.05) is 25.1 Å². The molecule has 0 radical (unpaired) electrons. The largest absolute Gasteiger partial charge is 0.434 e. The minimum Gasteiger partial charge on any atom is -0.434 e. The van der Waals surface area contributed by atoms with E-state index in [2.05, 4.69) is 22.1 Å². The highest BCUT2D eigenvalue weighted by atomic mass is 35.5. The fourth-order valence-electron chi connectivity index (χ4n) is 4.48. The Balaban J connectivity index is 0.00000187. The second kappa shape index (κ2) is 15.0. The molecule has 0 spiro atoms. The van der Waals surface area contributed by atoms with Gasteiger partial charge in [-0.2, -0.15) is 35.5 Å². The predicted molar refractivity (Wildman–Crippen MR) is 139 cm³/mol. The maximum atomic E-state index is 13.2. The number of benzene rings is 1. The lowest BCUT2D eigenvalue weighted by molar-refractivity contribution is -0.140. The SMILES string of the molecule is CCn1nc(C(=O)NCC2(O)CCC(C)CC2)c(Cl)c1-c1ccc(C(O)CCC(F)(F)F)cc1OC(F)F.O=S=O. The van der Waals surface area contributed by atoms with E-state index in [1.807, 2.05) is 0 Å². The van der Waals surface area contributed by atoms with Crippen molar-refractivity contribution in [3.63, 3.8) is 0 Å². The number of carbonyl (C=O) groups is 1. The molecule has 230 valence electrons. The zero-order valence-corrected chi connectivity index (χ0v) is 23.8. The first kappa shape index (κ1) is 34.6. The van der Waals surface area contributed by atoms with E-state index in [-0.39, 0.29) is 40.6 Å². The van der Waals surface area contributed by atoms with Crippen LogP contribution in [0.15, 0.2) is 18.2 Å². The van der Waals surface area contributed by atoms with Gasteiger partial charge in [-0.3, -0.25) is 9.48 Å². The number of rotatable bonds is 10. The summed E-state index contributed by atoms with van der Waals surface area (Å²) in [5, 5.41) is 27.7. The van der Waals surface area contributed by atoms with Crippen molar-refractivity contribution in [1.29, 1.82) is 0 Å². The Morgan fingerprint density at radius 1 is 1.29 bits per heavy atom. The van der Waals surface area contributed by atoms with Crippen LogP contribution in [-0.2, 0) is 18.1 Å². The Morgan fingerprint density at radius 2 is 1.90 bits per heavy atom. The summed E-state index contributed by atoms with van der Waals surface area (Å²) in [4.78, 5) is 12.9. The molecule has 2 aromatic rings. The van der Waals surface area contributed by atoms with E-state index in [1.165, 1.54) is 16.8 Å². The molecule has 1 aliphatic carbocycles. The van der Waals surface area contributed by atoms with Gasteiger partial charge in [0.25, 0.3) is 5.91 Å². The molecule has 1 amide bonds. The summed E-state index contributed by atoms with van der Waals surface area (Å²) in [5.74, 6) is -0.617. The first-order valence-corrected chi connectivity index (χ1v) is 13.7. The fourth-order valence-corrected chi connectivity index (χ4v) is 4.80. The van der Waals surface area contributed by atoms with Crippen molar-refractivity contribution in [2.45, 2.75) is 83.4 Å². The van der Waals surface area contributed by atoms with E-state index >= 15 is 0 Å². The number of aryl methyl sites for hydroxylation is 1. The first-order chi connectivity index (χ1) is 19.1.